The molecule has 0 radical (unpaired) electrons. The third-order valence-electron chi connectivity index (χ3n) is 5.44. The van der Waals surface area contributed by atoms with E-state index in [1.165, 1.54) is 64.2 Å². The van der Waals surface area contributed by atoms with Gasteiger partial charge in [0.1, 0.15) is 0 Å². The molecule has 2 fully saturated rings. The Kier molecular flexibility index (Phi) is 6.34. The smallest absolute Gasteiger partial charge is 0.237 e. The van der Waals surface area contributed by atoms with E-state index in [0.717, 1.165) is 0 Å². The standard InChI is InChI=1S/C17H32N2O/c1-13(14-9-5-3-6-10-14)19-17(20)16(18-2)15-11-7-4-8-12-15/h13-16,18H,3-12H2,1-2H3,(H,19,20)/t13?,16-/m0/s1. The summed E-state index contributed by atoms with van der Waals surface area (Å²) in [7, 11) is 1.93. The molecule has 1 amide bonds. The van der Waals surface area contributed by atoms with Crippen LogP contribution < -0.4 is 10.6 Å². The van der Waals surface area contributed by atoms with Crippen molar-refractivity contribution in [3.8, 4) is 0 Å². The summed E-state index contributed by atoms with van der Waals surface area (Å²) in [6, 6.07) is 0.351. The van der Waals surface area contributed by atoms with Gasteiger partial charge in [0.05, 0.1) is 6.04 Å². The van der Waals surface area contributed by atoms with Gasteiger partial charge in [-0.2, -0.15) is 0 Å². The molecule has 2 rings (SSSR count). The van der Waals surface area contributed by atoms with Crippen molar-refractivity contribution in [2.45, 2.75) is 83.2 Å². The molecule has 0 saturated heterocycles. The van der Waals surface area contributed by atoms with Gasteiger partial charge in [-0.1, -0.05) is 38.5 Å². The maximum absolute atomic E-state index is 12.6. The number of carbonyl (C=O) groups is 1. The van der Waals surface area contributed by atoms with Crippen molar-refractivity contribution < 1.29 is 4.79 Å². The molecule has 20 heavy (non-hydrogen) atoms. The molecule has 2 saturated carbocycles. The molecule has 0 aromatic rings. The van der Waals surface area contributed by atoms with Gasteiger partial charge in [0.25, 0.3) is 0 Å². The van der Waals surface area contributed by atoms with Crippen molar-refractivity contribution in [2.24, 2.45) is 11.8 Å². The number of rotatable bonds is 5. The molecule has 0 aromatic heterocycles. The van der Waals surface area contributed by atoms with Gasteiger partial charge in [0.15, 0.2) is 0 Å². The third-order valence-corrected chi connectivity index (χ3v) is 5.44. The molecule has 0 aromatic carbocycles. The van der Waals surface area contributed by atoms with Crippen LogP contribution in [0.15, 0.2) is 0 Å². The topological polar surface area (TPSA) is 41.1 Å². The fraction of sp³-hybridized carbons (Fsp3) is 0.941. The summed E-state index contributed by atoms with van der Waals surface area (Å²) < 4.78 is 0. The van der Waals surface area contributed by atoms with Crippen molar-refractivity contribution in [1.29, 1.82) is 0 Å². The van der Waals surface area contributed by atoms with E-state index >= 15 is 0 Å². The summed E-state index contributed by atoms with van der Waals surface area (Å²) in [6.45, 7) is 2.20. The van der Waals surface area contributed by atoms with Gasteiger partial charge in [0.2, 0.25) is 5.91 Å². The molecule has 1 unspecified atom stereocenters. The number of hydrogen-bond donors (Lipinski definition) is 2. The number of nitrogens with one attached hydrogen (secondary N) is 2. The van der Waals surface area contributed by atoms with E-state index in [0.29, 0.717) is 17.9 Å². The molecule has 3 heteroatoms. The van der Waals surface area contributed by atoms with Crippen molar-refractivity contribution in [3.05, 3.63) is 0 Å². The molecule has 116 valence electrons. The van der Waals surface area contributed by atoms with Crippen LogP contribution in [-0.4, -0.2) is 25.0 Å². The summed E-state index contributed by atoms with van der Waals surface area (Å²) in [6.07, 6.45) is 12.9. The number of likely N-dealkylation sites (N-methyl/N-ethyl adjacent to an activating group) is 1. The second-order valence-electron chi connectivity index (χ2n) is 6.86. The molecule has 0 heterocycles. The van der Waals surface area contributed by atoms with Crippen LogP contribution in [0.1, 0.15) is 71.1 Å². The zero-order chi connectivity index (χ0) is 14.4. The fourth-order valence-corrected chi connectivity index (χ4v) is 4.11. The third kappa shape index (κ3) is 4.21. The number of carbonyl (C=O) groups excluding carboxylic acids is 1. The summed E-state index contributed by atoms with van der Waals surface area (Å²) in [4.78, 5) is 12.6. The van der Waals surface area contributed by atoms with E-state index in [1.54, 1.807) is 0 Å². The maximum atomic E-state index is 12.6. The highest BCUT2D eigenvalue weighted by Gasteiger charge is 2.30. The van der Waals surface area contributed by atoms with Crippen molar-refractivity contribution >= 4 is 5.91 Å². The SMILES string of the molecule is CN[C@H](C(=O)NC(C)C1CCCCC1)C1CCCCC1. The molecule has 0 bridgehead atoms. The summed E-state index contributed by atoms with van der Waals surface area (Å²) in [5.74, 6) is 1.46. The first kappa shape index (κ1) is 15.8. The van der Waals surface area contributed by atoms with Crippen LogP contribution in [-0.2, 0) is 4.79 Å². The van der Waals surface area contributed by atoms with Gasteiger partial charge >= 0.3 is 0 Å². The summed E-state index contributed by atoms with van der Waals surface area (Å²) in [5, 5.41) is 6.56. The Balaban J connectivity index is 1.84. The highest BCUT2D eigenvalue weighted by Crippen LogP contribution is 2.28. The molecular formula is C17H32N2O. The minimum Gasteiger partial charge on any atom is -0.352 e. The predicted octanol–water partition coefficient (Wildman–Crippen LogP) is 3.24. The number of hydrogen-bond acceptors (Lipinski definition) is 2. The van der Waals surface area contributed by atoms with E-state index in [-0.39, 0.29) is 11.9 Å². The highest BCUT2D eigenvalue weighted by molar-refractivity contribution is 5.82. The lowest BCUT2D eigenvalue weighted by atomic mass is 9.82. The lowest BCUT2D eigenvalue weighted by Gasteiger charge is -2.33. The predicted molar refractivity (Wildman–Crippen MR) is 83.6 cm³/mol. The lowest BCUT2D eigenvalue weighted by Crippen LogP contribution is -2.51. The normalized spacial score (nSPS) is 25.1. The Labute approximate surface area is 124 Å². The molecule has 2 aliphatic rings. The van der Waals surface area contributed by atoms with Crippen LogP contribution in [0.25, 0.3) is 0 Å². The van der Waals surface area contributed by atoms with Gasteiger partial charge in [-0.3, -0.25) is 4.79 Å². The molecule has 3 nitrogen and oxygen atoms in total. The van der Waals surface area contributed by atoms with Crippen LogP contribution in [0.3, 0.4) is 0 Å². The summed E-state index contributed by atoms with van der Waals surface area (Å²) in [5.41, 5.74) is 0. The van der Waals surface area contributed by atoms with Gasteiger partial charge in [-0.05, 0) is 51.5 Å². The van der Waals surface area contributed by atoms with Crippen molar-refractivity contribution in [2.75, 3.05) is 7.05 Å². The van der Waals surface area contributed by atoms with Crippen molar-refractivity contribution in [3.63, 3.8) is 0 Å². The minimum atomic E-state index is 0.0151. The monoisotopic (exact) mass is 280 g/mol. The van der Waals surface area contributed by atoms with E-state index < -0.39 is 0 Å². The molecular weight excluding hydrogens is 248 g/mol. The number of amides is 1. The molecule has 2 N–H and O–H groups in total. The average molecular weight is 280 g/mol. The van der Waals surface area contributed by atoms with Crippen LogP contribution in [0.2, 0.25) is 0 Å². The largest absolute Gasteiger partial charge is 0.352 e. The quantitative estimate of drug-likeness (QED) is 0.811. The van der Waals surface area contributed by atoms with Crippen LogP contribution >= 0.6 is 0 Å². The second kappa shape index (κ2) is 8.02. The zero-order valence-electron chi connectivity index (χ0n) is 13.3. The average Bonchev–Trinajstić information content (AvgIpc) is 2.50. The van der Waals surface area contributed by atoms with Gasteiger partial charge < -0.3 is 10.6 Å². The van der Waals surface area contributed by atoms with Crippen LogP contribution in [0.4, 0.5) is 0 Å². The first-order chi connectivity index (χ1) is 9.72. The molecule has 0 spiro atoms. The van der Waals surface area contributed by atoms with Gasteiger partial charge in [-0.25, -0.2) is 0 Å². The van der Waals surface area contributed by atoms with Gasteiger partial charge in [0, 0.05) is 6.04 Å². The van der Waals surface area contributed by atoms with Crippen LogP contribution in [0.5, 0.6) is 0 Å². The van der Waals surface area contributed by atoms with Gasteiger partial charge in [-0.15, -0.1) is 0 Å². The summed E-state index contributed by atoms with van der Waals surface area (Å²) >= 11 is 0. The Morgan fingerprint density at radius 2 is 1.40 bits per heavy atom. The van der Waals surface area contributed by atoms with Crippen molar-refractivity contribution in [1.82, 2.24) is 10.6 Å². The van der Waals surface area contributed by atoms with E-state index in [9.17, 15) is 4.79 Å². The molecule has 2 aliphatic carbocycles. The first-order valence-corrected chi connectivity index (χ1v) is 8.70. The van der Waals surface area contributed by atoms with E-state index in [1.807, 2.05) is 7.05 Å². The second-order valence-corrected chi connectivity index (χ2v) is 6.86. The maximum Gasteiger partial charge on any atom is 0.237 e. The van der Waals surface area contributed by atoms with Crippen LogP contribution in [0, 0.1) is 11.8 Å². The lowest BCUT2D eigenvalue weighted by molar-refractivity contribution is -0.125. The highest BCUT2D eigenvalue weighted by atomic mass is 16.2. The Bertz CT molecular complexity index is 293. The fourth-order valence-electron chi connectivity index (χ4n) is 4.11. The Morgan fingerprint density at radius 1 is 0.900 bits per heavy atom. The minimum absolute atomic E-state index is 0.0151. The first-order valence-electron chi connectivity index (χ1n) is 8.70. The Morgan fingerprint density at radius 3 is 1.90 bits per heavy atom. The van der Waals surface area contributed by atoms with E-state index in [4.69, 9.17) is 0 Å². The van der Waals surface area contributed by atoms with E-state index in [2.05, 4.69) is 17.6 Å². The molecule has 0 aliphatic heterocycles. The zero-order valence-corrected chi connectivity index (χ0v) is 13.3. The molecule has 2 atom stereocenters. The Hall–Kier alpha value is -0.570.